The van der Waals surface area contributed by atoms with Gasteiger partial charge in [0, 0.05) is 17.0 Å². The molecule has 152 valence electrons. The number of rotatable bonds is 6. The molecular formula is C22H18F4O3. The predicted octanol–water partition coefficient (Wildman–Crippen LogP) is 4.65. The summed E-state index contributed by atoms with van der Waals surface area (Å²) in [5.41, 5.74) is 0.532. The van der Waals surface area contributed by atoms with E-state index >= 15 is 0 Å². The van der Waals surface area contributed by atoms with E-state index in [0.717, 1.165) is 0 Å². The highest BCUT2D eigenvalue weighted by molar-refractivity contribution is 5.71. The number of methoxy groups -OCH3 is 1. The summed E-state index contributed by atoms with van der Waals surface area (Å²) in [7, 11) is 1.23. The summed E-state index contributed by atoms with van der Waals surface area (Å²) >= 11 is 0. The second kappa shape index (κ2) is 8.63. The third-order valence-corrected chi connectivity index (χ3v) is 4.77. The Morgan fingerprint density at radius 3 is 1.66 bits per heavy atom. The molecule has 3 nitrogen and oxygen atoms in total. The number of hydrogen-bond acceptors (Lipinski definition) is 3. The van der Waals surface area contributed by atoms with E-state index in [9.17, 15) is 27.8 Å². The van der Waals surface area contributed by atoms with Crippen molar-refractivity contribution in [3.8, 4) is 28.0 Å². The maximum Gasteiger partial charge on any atom is 0.201 e. The maximum atomic E-state index is 14.5. The molecule has 3 aromatic rings. The minimum absolute atomic E-state index is 0.00517. The van der Waals surface area contributed by atoms with Crippen molar-refractivity contribution < 1.29 is 32.5 Å². The summed E-state index contributed by atoms with van der Waals surface area (Å²) in [6.45, 7) is -1.05. The second-order valence-electron chi connectivity index (χ2n) is 6.41. The molecule has 2 N–H and O–H groups in total. The zero-order chi connectivity index (χ0) is 21.1. The molecule has 0 aliphatic carbocycles. The lowest BCUT2D eigenvalue weighted by Gasteiger charge is -2.15. The first-order valence-electron chi connectivity index (χ1n) is 8.75. The van der Waals surface area contributed by atoms with Crippen LogP contribution in [0.25, 0.3) is 22.3 Å². The van der Waals surface area contributed by atoms with Crippen LogP contribution < -0.4 is 4.74 Å². The standard InChI is InChI=1S/C22H18F4O3/c1-29-18-9-8-16(21(25)22(18)26)13-4-2-12(3-5-13)15-6-7-17(14(10-27)11-28)20(24)19(15)23/h2-9,14,27-28H,10-11H2,1H3. The number of halogens is 4. The molecule has 0 fully saturated rings. The van der Waals surface area contributed by atoms with Crippen LogP contribution in [0.3, 0.4) is 0 Å². The summed E-state index contributed by atoms with van der Waals surface area (Å²) in [6.07, 6.45) is 0. The lowest BCUT2D eigenvalue weighted by Crippen LogP contribution is -2.12. The zero-order valence-electron chi connectivity index (χ0n) is 15.4. The third-order valence-electron chi connectivity index (χ3n) is 4.77. The van der Waals surface area contributed by atoms with E-state index in [1.165, 1.54) is 55.6 Å². The second-order valence-corrected chi connectivity index (χ2v) is 6.41. The van der Waals surface area contributed by atoms with Gasteiger partial charge < -0.3 is 14.9 Å². The molecular weight excluding hydrogens is 388 g/mol. The first kappa shape index (κ1) is 20.8. The van der Waals surface area contributed by atoms with Crippen LogP contribution in [-0.4, -0.2) is 30.5 Å². The fourth-order valence-electron chi connectivity index (χ4n) is 3.10. The van der Waals surface area contributed by atoms with E-state index in [1.54, 1.807) is 0 Å². The summed E-state index contributed by atoms with van der Waals surface area (Å²) < 4.78 is 61.8. The van der Waals surface area contributed by atoms with Crippen LogP contribution in [-0.2, 0) is 0 Å². The van der Waals surface area contributed by atoms with Gasteiger partial charge in [0.15, 0.2) is 23.2 Å². The van der Waals surface area contributed by atoms with Crippen LogP contribution in [0.2, 0.25) is 0 Å². The van der Waals surface area contributed by atoms with Crippen molar-refractivity contribution in [2.45, 2.75) is 5.92 Å². The van der Waals surface area contributed by atoms with E-state index in [4.69, 9.17) is 4.74 Å². The van der Waals surface area contributed by atoms with Crippen molar-refractivity contribution in [2.75, 3.05) is 20.3 Å². The lowest BCUT2D eigenvalue weighted by molar-refractivity contribution is 0.189. The Hall–Kier alpha value is -2.90. The summed E-state index contributed by atoms with van der Waals surface area (Å²) in [6, 6.07) is 11.2. The van der Waals surface area contributed by atoms with Gasteiger partial charge in [-0.05, 0) is 28.8 Å². The van der Waals surface area contributed by atoms with Crippen molar-refractivity contribution in [1.29, 1.82) is 0 Å². The topological polar surface area (TPSA) is 49.7 Å². The maximum absolute atomic E-state index is 14.5. The van der Waals surface area contributed by atoms with E-state index in [-0.39, 0.29) is 22.4 Å². The van der Waals surface area contributed by atoms with Gasteiger partial charge in [-0.15, -0.1) is 0 Å². The molecule has 0 aliphatic rings. The summed E-state index contributed by atoms with van der Waals surface area (Å²) in [5, 5.41) is 18.4. The molecule has 0 amide bonds. The van der Waals surface area contributed by atoms with Crippen LogP contribution in [0.5, 0.6) is 5.75 Å². The number of aliphatic hydroxyl groups excluding tert-OH is 2. The van der Waals surface area contributed by atoms with Gasteiger partial charge in [0.2, 0.25) is 5.82 Å². The molecule has 0 saturated heterocycles. The van der Waals surface area contributed by atoms with E-state index in [0.29, 0.717) is 11.1 Å². The first-order valence-corrected chi connectivity index (χ1v) is 8.75. The monoisotopic (exact) mass is 406 g/mol. The van der Waals surface area contributed by atoms with E-state index < -0.39 is 42.4 Å². The molecule has 0 spiro atoms. The summed E-state index contributed by atoms with van der Waals surface area (Å²) in [5.74, 6) is -5.59. The lowest BCUT2D eigenvalue weighted by atomic mass is 9.95. The Morgan fingerprint density at radius 1 is 0.690 bits per heavy atom. The molecule has 3 aromatic carbocycles. The minimum atomic E-state index is -1.15. The number of hydrogen-bond donors (Lipinski definition) is 2. The molecule has 7 heteroatoms. The van der Waals surface area contributed by atoms with Crippen molar-refractivity contribution >= 4 is 0 Å². The molecule has 0 atom stereocenters. The molecule has 0 aliphatic heterocycles. The van der Waals surface area contributed by atoms with Crippen LogP contribution in [0, 0.1) is 23.3 Å². The van der Waals surface area contributed by atoms with E-state index in [1.807, 2.05) is 0 Å². The normalized spacial score (nSPS) is 11.2. The van der Waals surface area contributed by atoms with Gasteiger partial charge in [0.1, 0.15) is 0 Å². The molecule has 29 heavy (non-hydrogen) atoms. The first-order chi connectivity index (χ1) is 13.9. The molecule has 0 saturated carbocycles. The Kier molecular flexibility index (Phi) is 6.20. The van der Waals surface area contributed by atoms with Gasteiger partial charge in [-0.3, -0.25) is 0 Å². The molecule has 3 rings (SSSR count). The third kappa shape index (κ3) is 3.83. The highest BCUT2D eigenvalue weighted by Crippen LogP contribution is 2.33. The van der Waals surface area contributed by atoms with Crippen LogP contribution >= 0.6 is 0 Å². The zero-order valence-corrected chi connectivity index (χ0v) is 15.4. The predicted molar refractivity (Wildman–Crippen MR) is 101 cm³/mol. The van der Waals surface area contributed by atoms with Gasteiger partial charge in [0.25, 0.3) is 0 Å². The van der Waals surface area contributed by atoms with Crippen LogP contribution in [0.15, 0.2) is 48.5 Å². The molecule has 0 unspecified atom stereocenters. The van der Waals surface area contributed by atoms with Gasteiger partial charge in [-0.2, -0.15) is 4.39 Å². The molecule has 0 heterocycles. The molecule has 0 aromatic heterocycles. The van der Waals surface area contributed by atoms with Gasteiger partial charge >= 0.3 is 0 Å². The Balaban J connectivity index is 1.97. The van der Waals surface area contributed by atoms with Crippen molar-refractivity contribution in [3.63, 3.8) is 0 Å². The van der Waals surface area contributed by atoms with Crippen molar-refractivity contribution in [2.24, 2.45) is 0 Å². The fraction of sp³-hybridized carbons (Fsp3) is 0.182. The largest absolute Gasteiger partial charge is 0.494 e. The smallest absolute Gasteiger partial charge is 0.201 e. The Bertz CT molecular complexity index is 1020. The number of ether oxygens (including phenoxy) is 1. The van der Waals surface area contributed by atoms with Crippen LogP contribution in [0.1, 0.15) is 11.5 Å². The average molecular weight is 406 g/mol. The van der Waals surface area contributed by atoms with E-state index in [2.05, 4.69) is 0 Å². The Labute approximate surface area is 164 Å². The number of benzene rings is 3. The van der Waals surface area contributed by atoms with Crippen LogP contribution in [0.4, 0.5) is 17.6 Å². The SMILES string of the molecule is COc1ccc(-c2ccc(-c3ccc(C(CO)CO)c(F)c3F)cc2)c(F)c1F. The van der Waals surface area contributed by atoms with Crippen molar-refractivity contribution in [3.05, 3.63) is 77.4 Å². The molecule has 0 radical (unpaired) electrons. The van der Waals surface area contributed by atoms with Gasteiger partial charge in [0.05, 0.1) is 20.3 Å². The van der Waals surface area contributed by atoms with Gasteiger partial charge in [-0.25, -0.2) is 13.2 Å². The average Bonchev–Trinajstić information content (AvgIpc) is 2.74. The van der Waals surface area contributed by atoms with Gasteiger partial charge in [-0.1, -0.05) is 36.4 Å². The summed E-state index contributed by atoms with van der Waals surface area (Å²) in [4.78, 5) is 0. The van der Waals surface area contributed by atoms with Crippen molar-refractivity contribution in [1.82, 2.24) is 0 Å². The minimum Gasteiger partial charge on any atom is -0.494 e. The molecule has 0 bridgehead atoms. The fourth-order valence-corrected chi connectivity index (χ4v) is 3.10. The highest BCUT2D eigenvalue weighted by atomic mass is 19.2. The highest BCUT2D eigenvalue weighted by Gasteiger charge is 2.21. The quantitative estimate of drug-likeness (QED) is 0.586. The Morgan fingerprint density at radius 2 is 1.17 bits per heavy atom. The number of aliphatic hydroxyl groups is 2.